The first kappa shape index (κ1) is 15.5. The molecule has 0 unspecified atom stereocenters. The van der Waals surface area contributed by atoms with Crippen molar-refractivity contribution in [1.29, 1.82) is 0 Å². The van der Waals surface area contributed by atoms with Crippen molar-refractivity contribution in [3.8, 4) is 0 Å². The van der Waals surface area contributed by atoms with Crippen LogP contribution in [0.25, 0.3) is 0 Å². The highest BCUT2D eigenvalue weighted by atomic mass is 35.5. The van der Waals surface area contributed by atoms with Gasteiger partial charge in [0, 0.05) is 14.1 Å². The van der Waals surface area contributed by atoms with Crippen LogP contribution < -0.4 is 0 Å². The predicted molar refractivity (Wildman–Crippen MR) is 69.2 cm³/mol. The summed E-state index contributed by atoms with van der Waals surface area (Å²) in [5, 5.41) is 8.81. The number of benzene rings is 1. The lowest BCUT2D eigenvalue weighted by Gasteiger charge is -2.11. The zero-order valence-electron chi connectivity index (χ0n) is 10.3. The molecule has 0 atom stereocenters. The van der Waals surface area contributed by atoms with Gasteiger partial charge in [0.2, 0.25) is 5.91 Å². The van der Waals surface area contributed by atoms with Crippen molar-refractivity contribution in [3.63, 3.8) is 0 Å². The molecule has 0 spiro atoms. The highest BCUT2D eigenvalue weighted by Gasteiger charge is 2.22. The Labute approximate surface area is 115 Å². The number of nitrogens with zero attached hydrogens (tertiary/aromatic N) is 1. The van der Waals surface area contributed by atoms with Gasteiger partial charge in [0.15, 0.2) is 9.84 Å². The van der Waals surface area contributed by atoms with Crippen molar-refractivity contribution in [2.24, 2.45) is 0 Å². The topological polar surface area (TPSA) is 91.8 Å². The molecule has 0 aliphatic carbocycles. The van der Waals surface area contributed by atoms with Gasteiger partial charge in [-0.3, -0.25) is 4.79 Å². The summed E-state index contributed by atoms with van der Waals surface area (Å²) in [7, 11) is -1.02. The van der Waals surface area contributed by atoms with Crippen LogP contribution in [0.4, 0.5) is 0 Å². The molecule has 0 saturated heterocycles. The number of hydrogen-bond donors (Lipinski definition) is 1. The standard InChI is InChI=1S/C11H12ClNO5S/c1-13(2)10(14)6-19(17,18)7-3-4-9(12)8(5-7)11(15)16/h3-5H,6H2,1-2H3,(H,15,16). The maximum atomic E-state index is 11.9. The van der Waals surface area contributed by atoms with Gasteiger partial charge in [-0.1, -0.05) is 11.6 Å². The van der Waals surface area contributed by atoms with E-state index in [1.807, 2.05) is 0 Å². The lowest BCUT2D eigenvalue weighted by Crippen LogP contribution is -2.29. The molecule has 0 bridgehead atoms. The second-order valence-electron chi connectivity index (χ2n) is 3.99. The van der Waals surface area contributed by atoms with Crippen LogP contribution in [-0.2, 0) is 14.6 Å². The minimum Gasteiger partial charge on any atom is -0.478 e. The van der Waals surface area contributed by atoms with Gasteiger partial charge in [0.05, 0.1) is 15.5 Å². The predicted octanol–water partition coefficient (Wildman–Crippen LogP) is 0.900. The smallest absolute Gasteiger partial charge is 0.337 e. The van der Waals surface area contributed by atoms with Crippen LogP contribution in [0, 0.1) is 0 Å². The molecule has 0 aliphatic rings. The molecule has 1 rings (SSSR count). The Bertz CT molecular complexity index is 624. The number of carbonyl (C=O) groups is 2. The quantitative estimate of drug-likeness (QED) is 0.892. The first-order valence-corrected chi connectivity index (χ1v) is 7.14. The van der Waals surface area contributed by atoms with E-state index in [-0.39, 0.29) is 15.5 Å². The van der Waals surface area contributed by atoms with Crippen LogP contribution in [0.5, 0.6) is 0 Å². The fourth-order valence-corrected chi connectivity index (χ4v) is 2.76. The number of rotatable bonds is 4. The molecule has 19 heavy (non-hydrogen) atoms. The summed E-state index contributed by atoms with van der Waals surface area (Å²) in [6.07, 6.45) is 0. The van der Waals surface area contributed by atoms with Gasteiger partial charge in [0.25, 0.3) is 0 Å². The highest BCUT2D eigenvalue weighted by molar-refractivity contribution is 7.92. The summed E-state index contributed by atoms with van der Waals surface area (Å²) in [6, 6.07) is 3.30. The first-order chi connectivity index (χ1) is 8.65. The Morgan fingerprint density at radius 2 is 1.89 bits per heavy atom. The minimum atomic E-state index is -3.89. The maximum Gasteiger partial charge on any atom is 0.337 e. The third-order valence-electron chi connectivity index (χ3n) is 2.34. The van der Waals surface area contributed by atoms with Crippen LogP contribution in [0.2, 0.25) is 5.02 Å². The van der Waals surface area contributed by atoms with Crippen molar-refractivity contribution in [1.82, 2.24) is 4.90 Å². The van der Waals surface area contributed by atoms with E-state index in [0.717, 1.165) is 11.0 Å². The molecule has 0 heterocycles. The van der Waals surface area contributed by atoms with Gasteiger partial charge < -0.3 is 10.0 Å². The number of amides is 1. The maximum absolute atomic E-state index is 11.9. The summed E-state index contributed by atoms with van der Waals surface area (Å²) >= 11 is 5.65. The molecule has 1 amide bonds. The zero-order valence-corrected chi connectivity index (χ0v) is 11.8. The van der Waals surface area contributed by atoms with Crippen LogP contribution in [-0.4, -0.2) is 50.1 Å². The van der Waals surface area contributed by atoms with E-state index in [0.29, 0.717) is 0 Å². The van der Waals surface area contributed by atoms with E-state index in [9.17, 15) is 18.0 Å². The molecule has 0 radical (unpaired) electrons. The first-order valence-electron chi connectivity index (χ1n) is 5.11. The Morgan fingerprint density at radius 3 is 2.37 bits per heavy atom. The van der Waals surface area contributed by atoms with E-state index in [1.54, 1.807) is 0 Å². The lowest BCUT2D eigenvalue weighted by atomic mass is 10.2. The number of sulfone groups is 1. The summed E-state index contributed by atoms with van der Waals surface area (Å²) in [5.74, 6) is -2.64. The summed E-state index contributed by atoms with van der Waals surface area (Å²) in [5.41, 5.74) is -0.319. The Balaban J connectivity index is 3.19. The van der Waals surface area contributed by atoms with Crippen molar-refractivity contribution in [2.45, 2.75) is 4.90 Å². The van der Waals surface area contributed by atoms with Gasteiger partial charge in [-0.2, -0.15) is 0 Å². The van der Waals surface area contributed by atoms with Crippen molar-refractivity contribution >= 4 is 33.3 Å². The van der Waals surface area contributed by atoms with Gasteiger partial charge in [-0.05, 0) is 18.2 Å². The molecule has 6 nitrogen and oxygen atoms in total. The Hall–Kier alpha value is -1.60. The molecule has 1 aromatic carbocycles. The third kappa shape index (κ3) is 3.68. The van der Waals surface area contributed by atoms with E-state index in [1.165, 1.54) is 26.2 Å². The van der Waals surface area contributed by atoms with Crippen LogP contribution in [0.1, 0.15) is 10.4 Å². The van der Waals surface area contributed by atoms with E-state index in [2.05, 4.69) is 0 Å². The molecular formula is C11H12ClNO5S. The lowest BCUT2D eigenvalue weighted by molar-refractivity contribution is -0.125. The molecule has 1 aromatic rings. The highest BCUT2D eigenvalue weighted by Crippen LogP contribution is 2.21. The van der Waals surface area contributed by atoms with Gasteiger partial charge >= 0.3 is 5.97 Å². The molecule has 0 aliphatic heterocycles. The SMILES string of the molecule is CN(C)C(=O)CS(=O)(=O)c1ccc(Cl)c(C(=O)O)c1. The second-order valence-corrected chi connectivity index (χ2v) is 6.39. The number of aromatic carboxylic acids is 1. The third-order valence-corrected chi connectivity index (χ3v) is 4.27. The fourth-order valence-electron chi connectivity index (χ4n) is 1.24. The summed E-state index contributed by atoms with van der Waals surface area (Å²) in [6.45, 7) is 0. The Morgan fingerprint density at radius 1 is 1.32 bits per heavy atom. The molecule has 0 aromatic heterocycles. The fraction of sp³-hybridized carbons (Fsp3) is 0.273. The van der Waals surface area contributed by atoms with Crippen LogP contribution in [0.3, 0.4) is 0 Å². The van der Waals surface area contributed by atoms with Gasteiger partial charge in [-0.15, -0.1) is 0 Å². The van der Waals surface area contributed by atoms with Crippen molar-refractivity contribution in [3.05, 3.63) is 28.8 Å². The van der Waals surface area contributed by atoms with Gasteiger partial charge in [0.1, 0.15) is 5.75 Å². The molecular weight excluding hydrogens is 294 g/mol. The molecule has 8 heteroatoms. The largest absolute Gasteiger partial charge is 0.478 e. The number of halogens is 1. The number of carboxylic acids is 1. The van der Waals surface area contributed by atoms with Crippen LogP contribution in [0.15, 0.2) is 23.1 Å². The minimum absolute atomic E-state index is 0.0645. The van der Waals surface area contributed by atoms with Crippen molar-refractivity contribution < 1.29 is 23.1 Å². The number of carbonyl (C=O) groups excluding carboxylic acids is 1. The van der Waals surface area contributed by atoms with E-state index < -0.39 is 27.5 Å². The van der Waals surface area contributed by atoms with Crippen LogP contribution >= 0.6 is 11.6 Å². The Kier molecular flexibility index (Phi) is 4.54. The molecule has 0 saturated carbocycles. The second kappa shape index (κ2) is 5.58. The normalized spacial score (nSPS) is 11.1. The number of carboxylic acid groups (broad SMARTS) is 1. The van der Waals surface area contributed by atoms with Crippen molar-refractivity contribution in [2.75, 3.05) is 19.8 Å². The van der Waals surface area contributed by atoms with E-state index in [4.69, 9.17) is 16.7 Å². The zero-order chi connectivity index (χ0) is 14.8. The van der Waals surface area contributed by atoms with E-state index >= 15 is 0 Å². The summed E-state index contributed by atoms with van der Waals surface area (Å²) in [4.78, 5) is 23.2. The molecule has 1 N–H and O–H groups in total. The summed E-state index contributed by atoms with van der Waals surface area (Å²) < 4.78 is 23.9. The average molecular weight is 306 g/mol. The average Bonchev–Trinajstić information content (AvgIpc) is 2.27. The molecule has 104 valence electrons. The monoisotopic (exact) mass is 305 g/mol. The number of hydrogen-bond acceptors (Lipinski definition) is 4. The van der Waals surface area contributed by atoms with Gasteiger partial charge in [-0.25, -0.2) is 13.2 Å². The molecule has 0 fully saturated rings.